The Morgan fingerprint density at radius 1 is 1.08 bits per heavy atom. The molecule has 1 aliphatic heterocycles. The van der Waals surface area contributed by atoms with Gasteiger partial charge in [-0.1, -0.05) is 44.2 Å². The van der Waals surface area contributed by atoms with Crippen LogP contribution in [-0.4, -0.2) is 25.0 Å². The predicted octanol–water partition coefficient (Wildman–Crippen LogP) is 2.74. The number of hydrogen-bond acceptors (Lipinski definition) is 1. The van der Waals surface area contributed by atoms with E-state index in [1.54, 1.807) is 0 Å². The number of likely N-dealkylation sites (tertiary alicyclic amines) is 1. The lowest BCUT2D eigenvalue weighted by atomic mass is 9.92. The molecule has 1 heteroatoms. The van der Waals surface area contributed by atoms with Crippen LogP contribution in [-0.2, 0) is 0 Å². The Bertz CT molecular complexity index is 224. The van der Waals surface area contributed by atoms with Crippen LogP contribution in [0.5, 0.6) is 0 Å². The zero-order valence-electron chi connectivity index (χ0n) is 8.83. The molecule has 0 unspecified atom stereocenters. The van der Waals surface area contributed by atoms with Crippen molar-refractivity contribution in [2.24, 2.45) is 0 Å². The van der Waals surface area contributed by atoms with Gasteiger partial charge in [0.1, 0.15) is 0 Å². The first-order valence-electron chi connectivity index (χ1n) is 5.10. The number of rotatable bonds is 1. The van der Waals surface area contributed by atoms with E-state index in [2.05, 4.69) is 42.3 Å². The first-order chi connectivity index (χ1) is 6.36. The molecule has 0 saturated carbocycles. The van der Waals surface area contributed by atoms with Crippen LogP contribution in [0.25, 0.3) is 0 Å². The fourth-order valence-corrected chi connectivity index (χ4v) is 1.63. The lowest BCUT2D eigenvalue weighted by Gasteiger charge is -2.36. The molecule has 72 valence electrons. The predicted molar refractivity (Wildman–Crippen MR) is 58.0 cm³/mol. The van der Waals surface area contributed by atoms with Crippen molar-refractivity contribution in [3.05, 3.63) is 35.9 Å². The topological polar surface area (TPSA) is 3.24 Å². The highest BCUT2D eigenvalue weighted by atomic mass is 15.2. The minimum atomic E-state index is 0.793. The molecule has 0 aliphatic carbocycles. The van der Waals surface area contributed by atoms with Gasteiger partial charge in [0, 0.05) is 19.0 Å². The van der Waals surface area contributed by atoms with Crippen molar-refractivity contribution in [3.63, 3.8) is 0 Å². The summed E-state index contributed by atoms with van der Waals surface area (Å²) in [6, 6.07) is 10.8. The van der Waals surface area contributed by atoms with Crippen molar-refractivity contribution >= 4 is 0 Å². The van der Waals surface area contributed by atoms with Crippen molar-refractivity contribution < 1.29 is 0 Å². The smallest absolute Gasteiger partial charge is 0.00933 e. The van der Waals surface area contributed by atoms with Crippen LogP contribution < -0.4 is 0 Å². The van der Waals surface area contributed by atoms with Gasteiger partial charge in [-0.05, 0) is 12.6 Å². The third-order valence-corrected chi connectivity index (χ3v) is 2.34. The minimum absolute atomic E-state index is 0.793. The summed E-state index contributed by atoms with van der Waals surface area (Å²) in [5.74, 6) is 0.793. The van der Waals surface area contributed by atoms with Crippen molar-refractivity contribution in [3.8, 4) is 0 Å². The van der Waals surface area contributed by atoms with Crippen LogP contribution in [0.3, 0.4) is 0 Å². The van der Waals surface area contributed by atoms with Crippen LogP contribution in [0.15, 0.2) is 30.3 Å². The van der Waals surface area contributed by atoms with Crippen LogP contribution in [0.2, 0.25) is 0 Å². The van der Waals surface area contributed by atoms with E-state index < -0.39 is 0 Å². The van der Waals surface area contributed by atoms with Gasteiger partial charge >= 0.3 is 0 Å². The fourth-order valence-electron chi connectivity index (χ4n) is 1.63. The molecule has 0 amide bonds. The van der Waals surface area contributed by atoms with Crippen molar-refractivity contribution in [2.45, 2.75) is 19.8 Å². The summed E-state index contributed by atoms with van der Waals surface area (Å²) in [5.41, 5.74) is 1.49. The van der Waals surface area contributed by atoms with Gasteiger partial charge in [-0.25, -0.2) is 0 Å². The average molecular weight is 177 g/mol. The van der Waals surface area contributed by atoms with Crippen LogP contribution >= 0.6 is 0 Å². The Balaban J connectivity index is 0.000000396. The van der Waals surface area contributed by atoms with E-state index in [-0.39, 0.29) is 0 Å². The largest absolute Gasteiger partial charge is 0.305 e. The number of likely N-dealkylation sites (N-methyl/N-ethyl adjacent to an activating group) is 1. The van der Waals surface area contributed by atoms with Gasteiger partial charge in [0.2, 0.25) is 0 Å². The van der Waals surface area contributed by atoms with E-state index in [4.69, 9.17) is 0 Å². The molecule has 1 aliphatic rings. The van der Waals surface area contributed by atoms with Gasteiger partial charge in [0.25, 0.3) is 0 Å². The zero-order chi connectivity index (χ0) is 9.68. The molecule has 0 spiro atoms. The van der Waals surface area contributed by atoms with E-state index in [1.807, 2.05) is 13.8 Å². The third kappa shape index (κ3) is 2.56. The van der Waals surface area contributed by atoms with Gasteiger partial charge in [0.05, 0.1) is 0 Å². The van der Waals surface area contributed by atoms with Crippen LogP contribution in [0.1, 0.15) is 25.3 Å². The summed E-state index contributed by atoms with van der Waals surface area (Å²) in [4.78, 5) is 2.34. The molecular formula is C12H19N. The van der Waals surface area contributed by atoms with Gasteiger partial charge in [-0.2, -0.15) is 0 Å². The molecule has 1 heterocycles. The second-order valence-corrected chi connectivity index (χ2v) is 3.33. The molecule has 1 saturated heterocycles. The molecule has 0 N–H and O–H groups in total. The number of benzene rings is 1. The Kier molecular flexibility index (Phi) is 3.97. The quantitative estimate of drug-likeness (QED) is 0.637. The molecule has 1 nitrogen and oxygen atoms in total. The maximum absolute atomic E-state index is 2.34. The highest BCUT2D eigenvalue weighted by molar-refractivity contribution is 5.22. The number of nitrogens with zero attached hydrogens (tertiary/aromatic N) is 1. The molecular weight excluding hydrogens is 158 g/mol. The molecule has 0 radical (unpaired) electrons. The van der Waals surface area contributed by atoms with Gasteiger partial charge in [0.15, 0.2) is 0 Å². The average Bonchev–Trinajstić information content (AvgIpc) is 2.18. The molecule has 0 aromatic heterocycles. The van der Waals surface area contributed by atoms with Crippen LogP contribution in [0, 0.1) is 0 Å². The monoisotopic (exact) mass is 177 g/mol. The molecule has 0 atom stereocenters. The van der Waals surface area contributed by atoms with Gasteiger partial charge in [-0.3, -0.25) is 0 Å². The SMILES string of the molecule is CC.CN1CC(c2ccccc2)C1. The molecule has 0 bridgehead atoms. The fraction of sp³-hybridized carbons (Fsp3) is 0.500. The Morgan fingerprint density at radius 2 is 1.62 bits per heavy atom. The Hall–Kier alpha value is -0.820. The van der Waals surface area contributed by atoms with Crippen LogP contribution in [0.4, 0.5) is 0 Å². The summed E-state index contributed by atoms with van der Waals surface area (Å²) >= 11 is 0. The Morgan fingerprint density at radius 3 is 2.08 bits per heavy atom. The molecule has 13 heavy (non-hydrogen) atoms. The summed E-state index contributed by atoms with van der Waals surface area (Å²) in [5, 5.41) is 0. The number of hydrogen-bond donors (Lipinski definition) is 0. The molecule has 1 aromatic rings. The highest BCUT2D eigenvalue weighted by Crippen LogP contribution is 2.24. The van der Waals surface area contributed by atoms with E-state index in [9.17, 15) is 0 Å². The molecule has 1 fully saturated rings. The van der Waals surface area contributed by atoms with E-state index in [0.717, 1.165) is 5.92 Å². The lowest BCUT2D eigenvalue weighted by Crippen LogP contribution is -2.41. The Labute approximate surface area is 81.4 Å². The minimum Gasteiger partial charge on any atom is -0.305 e. The molecule has 1 aromatic carbocycles. The van der Waals surface area contributed by atoms with E-state index >= 15 is 0 Å². The first-order valence-corrected chi connectivity index (χ1v) is 5.10. The third-order valence-electron chi connectivity index (χ3n) is 2.34. The molecule has 2 rings (SSSR count). The first kappa shape index (κ1) is 10.3. The summed E-state index contributed by atoms with van der Waals surface area (Å²) in [7, 11) is 2.17. The highest BCUT2D eigenvalue weighted by Gasteiger charge is 2.23. The normalized spacial score (nSPS) is 17.2. The summed E-state index contributed by atoms with van der Waals surface area (Å²) < 4.78 is 0. The van der Waals surface area contributed by atoms with Gasteiger partial charge in [-0.15, -0.1) is 0 Å². The van der Waals surface area contributed by atoms with Crippen molar-refractivity contribution in [2.75, 3.05) is 20.1 Å². The van der Waals surface area contributed by atoms with E-state index in [1.165, 1.54) is 18.7 Å². The maximum Gasteiger partial charge on any atom is 0.00933 e. The maximum atomic E-state index is 2.34. The summed E-state index contributed by atoms with van der Waals surface area (Å²) in [6.07, 6.45) is 0. The zero-order valence-corrected chi connectivity index (χ0v) is 8.83. The standard InChI is InChI=1S/C10H13N.C2H6/c1-11-7-10(8-11)9-5-3-2-4-6-9;1-2/h2-6,10H,7-8H2,1H3;1-2H3. The summed E-state index contributed by atoms with van der Waals surface area (Å²) in [6.45, 7) is 6.45. The second-order valence-electron chi connectivity index (χ2n) is 3.33. The van der Waals surface area contributed by atoms with E-state index in [0.29, 0.717) is 0 Å². The van der Waals surface area contributed by atoms with Crippen molar-refractivity contribution in [1.82, 2.24) is 4.90 Å². The van der Waals surface area contributed by atoms with Crippen molar-refractivity contribution in [1.29, 1.82) is 0 Å². The lowest BCUT2D eigenvalue weighted by molar-refractivity contribution is 0.190. The van der Waals surface area contributed by atoms with Gasteiger partial charge < -0.3 is 4.90 Å². The second kappa shape index (κ2) is 5.03.